The summed E-state index contributed by atoms with van der Waals surface area (Å²) in [7, 11) is -4.10. The van der Waals surface area contributed by atoms with Crippen LogP contribution in [0.15, 0.2) is 82.2 Å². The molecule has 2 amide bonds. The van der Waals surface area contributed by atoms with Gasteiger partial charge in [0.2, 0.25) is 5.91 Å². The molecular formula is C25H18BrN5O6S. The maximum Gasteiger partial charge on any atom is 0.277 e. The molecule has 1 atom stereocenters. The molecule has 0 aliphatic carbocycles. The Kier molecular flexibility index (Phi) is 6.33. The summed E-state index contributed by atoms with van der Waals surface area (Å²) in [5.41, 5.74) is 2.15. The number of aromatic nitrogens is 2. The van der Waals surface area contributed by atoms with Gasteiger partial charge in [0.1, 0.15) is 5.69 Å². The summed E-state index contributed by atoms with van der Waals surface area (Å²) < 4.78 is 27.5. The van der Waals surface area contributed by atoms with Crippen molar-refractivity contribution in [1.29, 1.82) is 0 Å². The molecule has 1 aliphatic rings. The van der Waals surface area contributed by atoms with Crippen LogP contribution in [-0.4, -0.2) is 35.4 Å². The molecule has 38 heavy (non-hydrogen) atoms. The lowest BCUT2D eigenvalue weighted by Crippen LogP contribution is -2.30. The van der Waals surface area contributed by atoms with Crippen LogP contribution in [0.25, 0.3) is 11.3 Å². The van der Waals surface area contributed by atoms with Gasteiger partial charge in [-0.2, -0.15) is 5.10 Å². The van der Waals surface area contributed by atoms with Crippen molar-refractivity contribution in [3.05, 3.63) is 104 Å². The molecule has 0 spiro atoms. The molecule has 11 nitrogen and oxygen atoms in total. The number of rotatable bonds is 6. The molecule has 4 aromatic rings. The van der Waals surface area contributed by atoms with E-state index < -0.39 is 32.8 Å². The highest BCUT2D eigenvalue weighted by Gasteiger charge is 2.45. The monoisotopic (exact) mass is 595 g/mol. The van der Waals surface area contributed by atoms with E-state index in [0.29, 0.717) is 22.5 Å². The highest BCUT2D eigenvalue weighted by atomic mass is 79.9. The average molecular weight is 596 g/mol. The number of benzene rings is 3. The number of anilines is 1. The molecule has 0 radical (unpaired) electrons. The minimum absolute atomic E-state index is 0.168. The van der Waals surface area contributed by atoms with E-state index in [4.69, 9.17) is 0 Å². The van der Waals surface area contributed by atoms with E-state index in [9.17, 15) is 28.1 Å². The van der Waals surface area contributed by atoms with Crippen LogP contribution >= 0.6 is 15.9 Å². The van der Waals surface area contributed by atoms with Crippen molar-refractivity contribution in [2.75, 3.05) is 4.90 Å². The fourth-order valence-electron chi connectivity index (χ4n) is 4.45. The number of carbonyl (C=O) groups excluding carboxylic acids is 2. The summed E-state index contributed by atoms with van der Waals surface area (Å²) in [5, 5.41) is 19.1. The van der Waals surface area contributed by atoms with E-state index in [2.05, 4.69) is 26.1 Å². The van der Waals surface area contributed by atoms with Crippen molar-refractivity contribution in [2.45, 2.75) is 17.9 Å². The number of para-hydroxylation sites is 1. The number of halogens is 1. The van der Waals surface area contributed by atoms with Gasteiger partial charge in [0.25, 0.3) is 21.6 Å². The van der Waals surface area contributed by atoms with Crippen LogP contribution in [0.3, 0.4) is 0 Å². The van der Waals surface area contributed by atoms with Crippen LogP contribution in [0.1, 0.15) is 34.6 Å². The smallest absolute Gasteiger partial charge is 0.277 e. The van der Waals surface area contributed by atoms with Crippen molar-refractivity contribution in [3.8, 4) is 11.3 Å². The second kappa shape index (κ2) is 9.50. The van der Waals surface area contributed by atoms with E-state index >= 15 is 0 Å². The quantitative estimate of drug-likeness (QED) is 0.248. The number of fused-ring (bicyclic) bond motifs is 1. The van der Waals surface area contributed by atoms with Crippen molar-refractivity contribution >= 4 is 49.1 Å². The Morgan fingerprint density at radius 2 is 1.74 bits per heavy atom. The number of hydrogen-bond donors (Lipinski definition) is 2. The average Bonchev–Trinajstić information content (AvgIpc) is 3.43. The summed E-state index contributed by atoms with van der Waals surface area (Å²) in [4.78, 5) is 37.6. The molecule has 2 N–H and O–H groups in total. The summed E-state index contributed by atoms with van der Waals surface area (Å²) in [6.45, 7) is 1.08. The molecule has 0 fully saturated rings. The third-order valence-corrected chi connectivity index (χ3v) is 7.99. The molecule has 0 saturated heterocycles. The normalized spacial score (nSPS) is 14.8. The van der Waals surface area contributed by atoms with Gasteiger partial charge in [0.15, 0.2) is 0 Å². The fourth-order valence-corrected chi connectivity index (χ4v) is 5.71. The SMILES string of the molecule is CC(=O)NS(=O)(=O)c1ccc(N2C(=O)c3[nH]nc(-c4ccc(Br)cc4)c3C2c2ccccc2[N+](=O)[O-])cc1. The zero-order valence-corrected chi connectivity index (χ0v) is 22.0. The van der Waals surface area contributed by atoms with Crippen molar-refractivity contribution in [2.24, 2.45) is 0 Å². The first-order valence-electron chi connectivity index (χ1n) is 11.1. The number of nitro benzene ring substituents is 1. The number of nitrogens with one attached hydrogen (secondary N) is 2. The van der Waals surface area contributed by atoms with Crippen molar-refractivity contribution in [1.82, 2.24) is 14.9 Å². The van der Waals surface area contributed by atoms with Gasteiger partial charge >= 0.3 is 0 Å². The molecule has 1 aromatic heterocycles. The van der Waals surface area contributed by atoms with Gasteiger partial charge in [-0.05, 0) is 42.5 Å². The minimum Gasteiger partial charge on any atom is -0.295 e. The Labute approximate surface area is 224 Å². The molecule has 0 bridgehead atoms. The topological polar surface area (TPSA) is 155 Å². The highest BCUT2D eigenvalue weighted by Crippen LogP contribution is 2.47. The Balaban J connectivity index is 1.68. The first-order valence-corrected chi connectivity index (χ1v) is 13.4. The zero-order valence-electron chi connectivity index (χ0n) is 19.6. The van der Waals surface area contributed by atoms with Crippen molar-refractivity contribution in [3.63, 3.8) is 0 Å². The van der Waals surface area contributed by atoms with E-state index in [1.54, 1.807) is 12.1 Å². The van der Waals surface area contributed by atoms with Gasteiger partial charge in [0.05, 0.1) is 27.1 Å². The lowest BCUT2D eigenvalue weighted by Gasteiger charge is -2.26. The summed E-state index contributed by atoms with van der Waals surface area (Å²) >= 11 is 3.40. The second-order valence-electron chi connectivity index (χ2n) is 8.42. The second-order valence-corrected chi connectivity index (χ2v) is 11.0. The Bertz CT molecular complexity index is 1700. The third kappa shape index (κ3) is 4.35. The number of sulfonamides is 1. The summed E-state index contributed by atoms with van der Waals surface area (Å²) in [5.74, 6) is -1.23. The molecule has 5 rings (SSSR count). The zero-order chi connectivity index (χ0) is 27.2. The van der Waals surface area contributed by atoms with Crippen LogP contribution in [0.2, 0.25) is 0 Å². The number of carbonyl (C=O) groups is 2. The molecule has 13 heteroatoms. The van der Waals surface area contributed by atoms with E-state index in [1.807, 2.05) is 29.0 Å². The van der Waals surface area contributed by atoms with Gasteiger partial charge in [-0.1, -0.05) is 40.2 Å². The molecule has 0 saturated carbocycles. The Morgan fingerprint density at radius 1 is 1.08 bits per heavy atom. The minimum atomic E-state index is -4.10. The number of amides is 2. The van der Waals surface area contributed by atoms with E-state index in [-0.39, 0.29) is 21.8 Å². The molecule has 1 unspecified atom stereocenters. The summed E-state index contributed by atoms with van der Waals surface area (Å²) in [6, 6.07) is 17.8. The lowest BCUT2D eigenvalue weighted by atomic mass is 9.94. The molecule has 2 heterocycles. The van der Waals surface area contributed by atoms with Crippen LogP contribution < -0.4 is 9.62 Å². The fraction of sp³-hybridized carbons (Fsp3) is 0.0800. The number of H-pyrrole nitrogens is 1. The van der Waals surface area contributed by atoms with E-state index in [1.165, 1.54) is 41.3 Å². The largest absolute Gasteiger partial charge is 0.295 e. The number of hydrogen-bond acceptors (Lipinski definition) is 7. The van der Waals surface area contributed by atoms with Gasteiger partial charge in [-0.3, -0.25) is 29.7 Å². The molecule has 1 aliphatic heterocycles. The number of nitrogens with zero attached hydrogens (tertiary/aromatic N) is 3. The number of aromatic amines is 1. The highest BCUT2D eigenvalue weighted by molar-refractivity contribution is 9.10. The Hall–Kier alpha value is -4.36. The maximum atomic E-state index is 13.7. The van der Waals surface area contributed by atoms with Gasteiger partial charge in [0, 0.05) is 34.3 Å². The van der Waals surface area contributed by atoms with Gasteiger partial charge < -0.3 is 0 Å². The third-order valence-electron chi connectivity index (χ3n) is 6.02. The van der Waals surface area contributed by atoms with Crippen molar-refractivity contribution < 1.29 is 22.9 Å². The Morgan fingerprint density at radius 3 is 2.37 bits per heavy atom. The van der Waals surface area contributed by atoms with Crippen LogP contribution in [-0.2, 0) is 14.8 Å². The molecular weight excluding hydrogens is 578 g/mol. The molecule has 192 valence electrons. The predicted octanol–water partition coefficient (Wildman–Crippen LogP) is 4.32. The number of nitro groups is 1. The standard InChI is InChI=1S/C25H18BrN5O6S/c1-14(32)29-38(36,37)18-12-10-17(11-13-18)30-24(19-4-2-3-5-20(19)31(34)35)21-22(27-28-23(21)25(30)33)15-6-8-16(26)9-7-15/h2-13,24H,1H3,(H,27,28)(H,29,32). The van der Waals surface area contributed by atoms with Crippen LogP contribution in [0.5, 0.6) is 0 Å². The van der Waals surface area contributed by atoms with Gasteiger partial charge in [-0.25, -0.2) is 13.1 Å². The van der Waals surface area contributed by atoms with E-state index in [0.717, 1.165) is 11.4 Å². The van der Waals surface area contributed by atoms with Crippen LogP contribution in [0, 0.1) is 10.1 Å². The first-order chi connectivity index (χ1) is 18.1. The first kappa shape index (κ1) is 25.3. The predicted molar refractivity (Wildman–Crippen MR) is 141 cm³/mol. The van der Waals surface area contributed by atoms with Gasteiger partial charge in [-0.15, -0.1) is 0 Å². The molecule has 3 aromatic carbocycles. The summed E-state index contributed by atoms with van der Waals surface area (Å²) in [6.07, 6.45) is 0. The van der Waals surface area contributed by atoms with Crippen LogP contribution in [0.4, 0.5) is 11.4 Å². The lowest BCUT2D eigenvalue weighted by molar-refractivity contribution is -0.385. The maximum absolute atomic E-state index is 13.7.